The maximum atomic E-state index is 5.23. The van der Waals surface area contributed by atoms with Gasteiger partial charge in [-0.25, -0.2) is 15.0 Å². The van der Waals surface area contributed by atoms with Crippen LogP contribution in [0.2, 0.25) is 0 Å². The molecule has 4 heterocycles. The van der Waals surface area contributed by atoms with Crippen LogP contribution in [-0.2, 0) is 0 Å². The highest BCUT2D eigenvalue weighted by Gasteiger charge is 2.19. The van der Waals surface area contributed by atoms with Gasteiger partial charge in [0.05, 0.1) is 11.0 Å². The number of thiophene rings is 2. The van der Waals surface area contributed by atoms with Crippen LogP contribution in [0, 0.1) is 0 Å². The molecule has 8 aromatic carbocycles. The second kappa shape index (κ2) is 12.8. The first-order valence-electron chi connectivity index (χ1n) is 19.0. The second-order valence-electron chi connectivity index (χ2n) is 14.4. The third-order valence-corrected chi connectivity index (χ3v) is 13.4. The van der Waals surface area contributed by atoms with E-state index in [9.17, 15) is 0 Å². The molecular weight excluding hydrogens is 733 g/mol. The van der Waals surface area contributed by atoms with Crippen molar-refractivity contribution in [3.63, 3.8) is 0 Å². The minimum absolute atomic E-state index is 0.643. The van der Waals surface area contributed by atoms with Crippen LogP contribution in [0.1, 0.15) is 0 Å². The highest BCUT2D eigenvalue weighted by atomic mass is 32.1. The molecule has 0 spiro atoms. The zero-order valence-electron chi connectivity index (χ0n) is 30.4. The van der Waals surface area contributed by atoms with E-state index in [0.717, 1.165) is 22.4 Å². The highest BCUT2D eigenvalue weighted by molar-refractivity contribution is 7.26. The number of hydrogen-bond acceptors (Lipinski definition) is 5. The first kappa shape index (κ1) is 32.3. The Bertz CT molecular complexity index is 3520. The molecule has 0 aliphatic carbocycles. The summed E-state index contributed by atoms with van der Waals surface area (Å²) in [5.74, 6) is 1.97. The molecule has 0 fully saturated rings. The summed E-state index contributed by atoms with van der Waals surface area (Å²) in [6, 6.07) is 65.0. The van der Waals surface area contributed by atoms with Crippen molar-refractivity contribution >= 4 is 84.8 Å². The molecule has 4 aromatic heterocycles. The molecule has 0 unspecified atom stereocenters. The normalized spacial score (nSPS) is 11.9. The molecule has 6 heteroatoms. The molecule has 266 valence electrons. The monoisotopic (exact) mass is 762 g/mol. The molecule has 0 aliphatic heterocycles. The predicted octanol–water partition coefficient (Wildman–Crippen LogP) is 14.4. The zero-order valence-corrected chi connectivity index (χ0v) is 32.1. The first-order chi connectivity index (χ1) is 28.2. The van der Waals surface area contributed by atoms with Gasteiger partial charge in [-0.1, -0.05) is 121 Å². The molecule has 12 aromatic rings. The minimum atomic E-state index is 0.643. The molecule has 0 N–H and O–H groups in total. The molecule has 0 atom stereocenters. The van der Waals surface area contributed by atoms with Crippen molar-refractivity contribution in [3.8, 4) is 51.0 Å². The van der Waals surface area contributed by atoms with E-state index in [2.05, 4.69) is 187 Å². The summed E-state index contributed by atoms with van der Waals surface area (Å²) in [4.78, 5) is 15.7. The number of fused-ring (bicyclic) bond motifs is 9. The third-order valence-electron chi connectivity index (χ3n) is 11.1. The van der Waals surface area contributed by atoms with Crippen LogP contribution in [0.15, 0.2) is 182 Å². The Balaban J connectivity index is 1.03. The van der Waals surface area contributed by atoms with Gasteiger partial charge in [-0.3, -0.25) is 0 Å². The smallest absolute Gasteiger partial charge is 0.165 e. The van der Waals surface area contributed by atoms with E-state index >= 15 is 0 Å². The van der Waals surface area contributed by atoms with E-state index < -0.39 is 0 Å². The van der Waals surface area contributed by atoms with E-state index in [-0.39, 0.29) is 0 Å². The van der Waals surface area contributed by atoms with Crippen molar-refractivity contribution in [3.05, 3.63) is 182 Å². The van der Waals surface area contributed by atoms with Gasteiger partial charge in [0, 0.05) is 73.5 Å². The molecule has 4 nitrogen and oxygen atoms in total. The van der Waals surface area contributed by atoms with Crippen LogP contribution in [0.25, 0.3) is 113 Å². The van der Waals surface area contributed by atoms with Gasteiger partial charge in [0.15, 0.2) is 17.5 Å². The summed E-state index contributed by atoms with van der Waals surface area (Å²) in [7, 11) is 0. The van der Waals surface area contributed by atoms with Gasteiger partial charge < -0.3 is 4.57 Å². The van der Waals surface area contributed by atoms with Gasteiger partial charge in [0.2, 0.25) is 0 Å². The van der Waals surface area contributed by atoms with Gasteiger partial charge in [0.1, 0.15) is 0 Å². The lowest BCUT2D eigenvalue weighted by Gasteiger charge is -2.11. The fourth-order valence-corrected chi connectivity index (χ4v) is 10.7. The Kier molecular flexibility index (Phi) is 7.24. The Morgan fingerprint density at radius 2 is 0.912 bits per heavy atom. The third kappa shape index (κ3) is 5.22. The highest BCUT2D eigenvalue weighted by Crippen LogP contribution is 2.41. The molecule has 0 saturated heterocycles. The summed E-state index contributed by atoms with van der Waals surface area (Å²) >= 11 is 3.60. The Labute approximate surface area is 335 Å². The molecule has 12 rings (SSSR count). The number of benzene rings is 8. The summed E-state index contributed by atoms with van der Waals surface area (Å²) < 4.78 is 7.29. The summed E-state index contributed by atoms with van der Waals surface area (Å²) in [5, 5.41) is 7.45. The predicted molar refractivity (Wildman–Crippen MR) is 242 cm³/mol. The van der Waals surface area contributed by atoms with Gasteiger partial charge in [-0.15, -0.1) is 22.7 Å². The van der Waals surface area contributed by atoms with Crippen molar-refractivity contribution in [1.82, 2.24) is 19.5 Å². The molecular formula is C51H30N4S2. The lowest BCUT2D eigenvalue weighted by molar-refractivity contribution is 1.08. The number of aromatic nitrogens is 4. The number of rotatable bonds is 5. The SMILES string of the molecule is c1ccc(-c2ccc3c4ccccc4n(-c4ccc(-c5nc(-c6ccc7c(c6)sc6ccccc67)nc(-c6cccc7c6sc6ccccc67)n5)cc4)c3c2)cc1. The quantitative estimate of drug-likeness (QED) is 0.175. The fraction of sp³-hybridized carbons (Fsp3) is 0. The second-order valence-corrected chi connectivity index (χ2v) is 16.5. The number of para-hydroxylation sites is 1. The van der Waals surface area contributed by atoms with Crippen molar-refractivity contribution in [2.75, 3.05) is 0 Å². The van der Waals surface area contributed by atoms with E-state index in [4.69, 9.17) is 15.0 Å². The van der Waals surface area contributed by atoms with Crippen LogP contribution in [0.5, 0.6) is 0 Å². The van der Waals surface area contributed by atoms with Crippen LogP contribution >= 0.6 is 22.7 Å². The maximum absolute atomic E-state index is 5.23. The van der Waals surface area contributed by atoms with Crippen LogP contribution < -0.4 is 0 Å². The van der Waals surface area contributed by atoms with Gasteiger partial charge in [-0.05, 0) is 71.8 Å². The summed E-state index contributed by atoms with van der Waals surface area (Å²) in [5.41, 5.74) is 8.72. The lowest BCUT2D eigenvalue weighted by Crippen LogP contribution is -2.00. The molecule has 0 amide bonds. The maximum Gasteiger partial charge on any atom is 0.165 e. The molecule has 0 aliphatic rings. The average molecular weight is 763 g/mol. The van der Waals surface area contributed by atoms with Gasteiger partial charge >= 0.3 is 0 Å². The number of nitrogens with zero attached hydrogens (tertiary/aromatic N) is 4. The van der Waals surface area contributed by atoms with E-state index in [1.165, 1.54) is 73.3 Å². The van der Waals surface area contributed by atoms with Crippen LogP contribution in [-0.4, -0.2) is 19.5 Å². The average Bonchev–Trinajstić information content (AvgIpc) is 3.96. The Morgan fingerprint density at radius 1 is 0.333 bits per heavy atom. The topological polar surface area (TPSA) is 43.6 Å². The summed E-state index contributed by atoms with van der Waals surface area (Å²) in [6.45, 7) is 0. The molecule has 0 radical (unpaired) electrons. The molecule has 0 saturated carbocycles. The van der Waals surface area contributed by atoms with Gasteiger partial charge in [-0.2, -0.15) is 0 Å². The van der Waals surface area contributed by atoms with Crippen molar-refractivity contribution in [1.29, 1.82) is 0 Å². The van der Waals surface area contributed by atoms with Crippen molar-refractivity contribution in [2.24, 2.45) is 0 Å². The Morgan fingerprint density at radius 3 is 1.74 bits per heavy atom. The molecule has 0 bridgehead atoms. The van der Waals surface area contributed by atoms with Crippen LogP contribution in [0.4, 0.5) is 0 Å². The first-order valence-corrected chi connectivity index (χ1v) is 20.6. The standard InChI is InChI=1S/C51H30N4S2/c1-2-11-31(12-3-1)33-23-27-37-36-13-4-7-18-43(36)55(44(37)29-33)35-25-21-32(22-26-35)49-52-50(34-24-28-40-38-14-5-8-19-45(38)56-47(40)30-34)54-51(53-49)42-17-10-16-41-39-15-6-9-20-46(39)57-48(41)42/h1-30H. The largest absolute Gasteiger partial charge is 0.309 e. The van der Waals surface area contributed by atoms with E-state index in [1.807, 2.05) is 0 Å². The number of hydrogen-bond donors (Lipinski definition) is 0. The fourth-order valence-electron chi connectivity index (χ4n) is 8.36. The Hall–Kier alpha value is -6.99. The zero-order chi connectivity index (χ0) is 37.5. The summed E-state index contributed by atoms with van der Waals surface area (Å²) in [6.07, 6.45) is 0. The van der Waals surface area contributed by atoms with Crippen molar-refractivity contribution in [2.45, 2.75) is 0 Å². The minimum Gasteiger partial charge on any atom is -0.309 e. The molecule has 57 heavy (non-hydrogen) atoms. The van der Waals surface area contributed by atoms with E-state index in [0.29, 0.717) is 17.5 Å². The van der Waals surface area contributed by atoms with Crippen molar-refractivity contribution < 1.29 is 0 Å². The lowest BCUT2D eigenvalue weighted by atomic mass is 10.0. The van der Waals surface area contributed by atoms with E-state index in [1.54, 1.807) is 22.7 Å². The van der Waals surface area contributed by atoms with Gasteiger partial charge in [0.25, 0.3) is 0 Å². The van der Waals surface area contributed by atoms with Crippen LogP contribution in [0.3, 0.4) is 0 Å².